The first-order chi connectivity index (χ1) is 16.2. The Balaban J connectivity index is 3.09. The van der Waals surface area contributed by atoms with Gasteiger partial charge in [0.15, 0.2) is 0 Å². The largest absolute Gasteiger partial charge is 0.480 e. The number of carboxylic acids is 1. The van der Waals surface area contributed by atoms with E-state index in [1.807, 2.05) is 0 Å². The second kappa shape index (κ2) is 26.8. The van der Waals surface area contributed by atoms with E-state index in [1.54, 1.807) is 0 Å². The third-order valence-electron chi connectivity index (χ3n) is 3.48. The number of carbonyl (C=O) groups is 2. The normalized spacial score (nSPS) is 11.1. The van der Waals surface area contributed by atoms with E-state index in [4.69, 9.17) is 38.3 Å². The highest BCUT2D eigenvalue weighted by Gasteiger charge is 2.03. The number of ether oxygens (including phenoxy) is 8. The number of nitrogens with one attached hydrogen (secondary N) is 1. The van der Waals surface area contributed by atoms with Crippen molar-refractivity contribution in [3.05, 3.63) is 0 Å². The lowest BCUT2D eigenvalue weighted by Crippen LogP contribution is -2.31. The van der Waals surface area contributed by atoms with Crippen LogP contribution in [-0.2, 0) is 47.5 Å². The third kappa shape index (κ3) is 28.5. The van der Waals surface area contributed by atoms with E-state index in [-0.39, 0.29) is 13.2 Å². The van der Waals surface area contributed by atoms with Crippen LogP contribution in [0.2, 0.25) is 0 Å². The van der Waals surface area contributed by atoms with Crippen LogP contribution >= 0.6 is 0 Å². The van der Waals surface area contributed by atoms with Crippen LogP contribution in [0.5, 0.6) is 0 Å². The summed E-state index contributed by atoms with van der Waals surface area (Å²) in [7, 11) is 0. The highest BCUT2D eigenvalue weighted by Crippen LogP contribution is 1.85. The van der Waals surface area contributed by atoms with Gasteiger partial charge in [-0.2, -0.15) is 0 Å². The Morgan fingerprint density at radius 2 is 0.909 bits per heavy atom. The van der Waals surface area contributed by atoms with Crippen LogP contribution in [0.3, 0.4) is 0 Å². The van der Waals surface area contributed by atoms with Gasteiger partial charge in [-0.05, 0) is 0 Å². The van der Waals surface area contributed by atoms with Gasteiger partial charge in [0.05, 0.1) is 92.5 Å². The SMILES string of the molecule is O=C(O)COCC(=O)NCCOCCOCCOCCOCCOCCOCCOCCF. The van der Waals surface area contributed by atoms with Crippen molar-refractivity contribution >= 4 is 11.9 Å². The summed E-state index contributed by atoms with van der Waals surface area (Å²) in [5.41, 5.74) is 0. The van der Waals surface area contributed by atoms with Gasteiger partial charge in [-0.3, -0.25) is 4.79 Å². The summed E-state index contributed by atoms with van der Waals surface area (Å²) in [5.74, 6) is -1.52. The predicted octanol–water partition coefficient (Wildman–Crippen LogP) is -0.710. The molecule has 0 aromatic carbocycles. The van der Waals surface area contributed by atoms with Gasteiger partial charge < -0.3 is 48.3 Å². The Bertz CT molecular complexity index is 446. The molecule has 0 rings (SSSR count). The van der Waals surface area contributed by atoms with Gasteiger partial charge in [-0.15, -0.1) is 0 Å². The topological polar surface area (TPSA) is 140 Å². The van der Waals surface area contributed by atoms with E-state index in [0.29, 0.717) is 92.4 Å². The minimum Gasteiger partial charge on any atom is -0.480 e. The highest BCUT2D eigenvalue weighted by molar-refractivity contribution is 5.77. The fourth-order valence-electron chi connectivity index (χ4n) is 2.02. The molecule has 0 saturated carbocycles. The van der Waals surface area contributed by atoms with Crippen molar-refractivity contribution in [2.75, 3.05) is 119 Å². The number of rotatable bonds is 27. The summed E-state index contributed by atoms with van der Waals surface area (Å²) in [6, 6.07) is 0. The van der Waals surface area contributed by atoms with E-state index in [9.17, 15) is 14.0 Å². The van der Waals surface area contributed by atoms with Crippen molar-refractivity contribution in [1.82, 2.24) is 5.32 Å². The minimum atomic E-state index is -1.12. The molecule has 0 aliphatic rings. The smallest absolute Gasteiger partial charge is 0.329 e. The quantitative estimate of drug-likeness (QED) is 0.142. The molecule has 0 fully saturated rings. The molecule has 1 amide bonds. The van der Waals surface area contributed by atoms with Crippen molar-refractivity contribution in [2.24, 2.45) is 0 Å². The molecular formula is C20H38FNO11. The van der Waals surface area contributed by atoms with Crippen molar-refractivity contribution in [1.29, 1.82) is 0 Å². The number of hydrogen-bond donors (Lipinski definition) is 2. The highest BCUT2D eigenvalue weighted by atomic mass is 19.1. The summed E-state index contributed by atoms with van der Waals surface area (Å²) < 4.78 is 53.3. The van der Waals surface area contributed by atoms with Crippen LogP contribution in [0.15, 0.2) is 0 Å². The Morgan fingerprint density at radius 1 is 0.545 bits per heavy atom. The van der Waals surface area contributed by atoms with E-state index < -0.39 is 25.2 Å². The fourth-order valence-corrected chi connectivity index (χ4v) is 2.02. The molecule has 0 aromatic rings. The van der Waals surface area contributed by atoms with Crippen molar-refractivity contribution in [2.45, 2.75) is 0 Å². The van der Waals surface area contributed by atoms with Crippen LogP contribution in [0.4, 0.5) is 4.39 Å². The van der Waals surface area contributed by atoms with Crippen LogP contribution in [-0.4, -0.2) is 136 Å². The number of aliphatic carboxylic acids is 1. The van der Waals surface area contributed by atoms with E-state index >= 15 is 0 Å². The first-order valence-electron chi connectivity index (χ1n) is 10.8. The van der Waals surface area contributed by atoms with Crippen molar-refractivity contribution < 1.29 is 57.0 Å². The maximum Gasteiger partial charge on any atom is 0.329 e. The standard InChI is InChI=1S/C20H38FNO11/c21-1-3-26-5-7-28-9-11-30-13-15-32-16-14-31-12-10-29-8-6-27-4-2-22-19(23)17-33-18-20(24)25/h1-18H2,(H,22,23)(H,24,25). The summed E-state index contributed by atoms with van der Waals surface area (Å²) in [4.78, 5) is 21.5. The van der Waals surface area contributed by atoms with Crippen LogP contribution in [0.25, 0.3) is 0 Å². The molecule has 12 nitrogen and oxygen atoms in total. The van der Waals surface area contributed by atoms with Gasteiger partial charge in [-0.1, -0.05) is 0 Å². The van der Waals surface area contributed by atoms with E-state index in [2.05, 4.69) is 10.1 Å². The van der Waals surface area contributed by atoms with E-state index in [0.717, 1.165) is 0 Å². The zero-order valence-electron chi connectivity index (χ0n) is 19.1. The molecule has 0 aliphatic carbocycles. The molecule has 0 heterocycles. The first-order valence-corrected chi connectivity index (χ1v) is 10.8. The molecule has 0 atom stereocenters. The Labute approximate surface area is 193 Å². The molecule has 0 radical (unpaired) electrons. The third-order valence-corrected chi connectivity index (χ3v) is 3.48. The number of hydrogen-bond acceptors (Lipinski definition) is 10. The first kappa shape index (κ1) is 31.6. The van der Waals surface area contributed by atoms with E-state index in [1.165, 1.54) is 0 Å². The number of alkyl halides is 1. The second-order valence-electron chi connectivity index (χ2n) is 6.21. The van der Waals surface area contributed by atoms with Gasteiger partial charge in [0.1, 0.15) is 19.9 Å². The molecule has 0 spiro atoms. The molecular weight excluding hydrogens is 449 g/mol. The Morgan fingerprint density at radius 3 is 1.27 bits per heavy atom. The van der Waals surface area contributed by atoms with Crippen LogP contribution in [0.1, 0.15) is 0 Å². The lowest BCUT2D eigenvalue weighted by molar-refractivity contribution is -0.143. The minimum absolute atomic E-state index is 0.102. The lowest BCUT2D eigenvalue weighted by Gasteiger charge is -2.08. The maximum atomic E-state index is 11.8. The summed E-state index contributed by atoms with van der Waals surface area (Å²) in [5, 5.41) is 10.9. The Hall–Kier alpha value is -1.45. The zero-order chi connectivity index (χ0) is 24.2. The number of amides is 1. The summed E-state index contributed by atoms with van der Waals surface area (Å²) >= 11 is 0. The van der Waals surface area contributed by atoms with Crippen molar-refractivity contribution in [3.8, 4) is 0 Å². The maximum absolute atomic E-state index is 11.8. The molecule has 0 saturated heterocycles. The van der Waals surface area contributed by atoms with Crippen molar-refractivity contribution in [3.63, 3.8) is 0 Å². The lowest BCUT2D eigenvalue weighted by atomic mass is 10.6. The van der Waals surface area contributed by atoms with Gasteiger partial charge in [0.25, 0.3) is 0 Å². The van der Waals surface area contributed by atoms with Crippen LogP contribution in [0, 0.1) is 0 Å². The molecule has 196 valence electrons. The molecule has 0 aromatic heterocycles. The molecule has 2 N–H and O–H groups in total. The van der Waals surface area contributed by atoms with Gasteiger partial charge in [0, 0.05) is 6.54 Å². The number of carbonyl (C=O) groups excluding carboxylic acids is 1. The monoisotopic (exact) mass is 487 g/mol. The predicted molar refractivity (Wildman–Crippen MR) is 113 cm³/mol. The summed E-state index contributed by atoms with van der Waals surface area (Å²) in [6.07, 6.45) is 0. The van der Waals surface area contributed by atoms with Gasteiger partial charge >= 0.3 is 5.97 Å². The fraction of sp³-hybridized carbons (Fsp3) is 0.900. The Kier molecular flexibility index (Phi) is 25.6. The number of halogens is 1. The number of carboxylic acid groups (broad SMARTS) is 1. The molecule has 0 unspecified atom stereocenters. The molecule has 0 aliphatic heterocycles. The summed E-state index contributed by atoms with van der Waals surface area (Å²) in [6.45, 7) is 4.64. The molecule has 0 bridgehead atoms. The van der Waals surface area contributed by atoms with Gasteiger partial charge in [0.2, 0.25) is 5.91 Å². The average molecular weight is 488 g/mol. The van der Waals surface area contributed by atoms with Gasteiger partial charge in [-0.25, -0.2) is 9.18 Å². The second-order valence-corrected chi connectivity index (χ2v) is 6.21. The zero-order valence-corrected chi connectivity index (χ0v) is 19.1. The molecule has 13 heteroatoms. The average Bonchev–Trinajstić information content (AvgIpc) is 2.79. The van der Waals surface area contributed by atoms with Crippen LogP contribution < -0.4 is 5.32 Å². The molecule has 33 heavy (non-hydrogen) atoms.